The molecule has 1 saturated heterocycles. The lowest BCUT2D eigenvalue weighted by Gasteiger charge is -2.35. The summed E-state index contributed by atoms with van der Waals surface area (Å²) in [5.41, 5.74) is 13.8. The molecule has 1 aliphatic heterocycles. The van der Waals surface area contributed by atoms with Crippen LogP contribution >= 0.6 is 0 Å². The zero-order valence-corrected chi connectivity index (χ0v) is 29.5. The Kier molecular flexibility index (Phi) is 16.9. The van der Waals surface area contributed by atoms with E-state index in [0.717, 1.165) is 30.4 Å². The first kappa shape index (κ1) is 40.1. The zero-order valence-electron chi connectivity index (χ0n) is 29.5. The lowest BCUT2D eigenvalue weighted by molar-refractivity contribution is -0.139. The summed E-state index contributed by atoms with van der Waals surface area (Å²) in [4.78, 5) is 67.3. The first-order chi connectivity index (χ1) is 24.0. The average Bonchev–Trinajstić information content (AvgIpc) is 3.09. The number of amides is 4. The van der Waals surface area contributed by atoms with Gasteiger partial charge in [0.2, 0.25) is 23.6 Å². The van der Waals surface area contributed by atoms with Gasteiger partial charge in [0, 0.05) is 25.9 Å². The fourth-order valence-electron chi connectivity index (χ4n) is 6.33. The Morgan fingerprint density at radius 1 is 0.780 bits per heavy atom. The van der Waals surface area contributed by atoms with Crippen molar-refractivity contribution in [3.63, 3.8) is 0 Å². The number of nitrogens with two attached hydrogens (primary N) is 2. The highest BCUT2D eigenvalue weighted by atomic mass is 16.4. The number of carboxylic acid groups (broad SMARTS) is 1. The largest absolute Gasteiger partial charge is 0.481 e. The van der Waals surface area contributed by atoms with Gasteiger partial charge in [-0.1, -0.05) is 74.5 Å². The number of piperidine rings is 1. The van der Waals surface area contributed by atoms with Crippen molar-refractivity contribution in [1.82, 2.24) is 20.9 Å². The van der Waals surface area contributed by atoms with E-state index in [0.29, 0.717) is 57.7 Å². The maximum Gasteiger partial charge on any atom is 0.303 e. The second kappa shape index (κ2) is 21.0. The number of carboxylic acids is 1. The molecule has 4 amide bonds. The normalized spacial score (nSPS) is 15.8. The van der Waals surface area contributed by atoms with Gasteiger partial charge in [0.05, 0.1) is 6.04 Å². The monoisotopic (exact) mass is 692 g/mol. The van der Waals surface area contributed by atoms with Crippen molar-refractivity contribution in [2.45, 2.75) is 102 Å². The molecule has 12 nitrogen and oxygen atoms in total. The van der Waals surface area contributed by atoms with Gasteiger partial charge < -0.3 is 37.4 Å². The molecular weight excluding hydrogens is 636 g/mol. The van der Waals surface area contributed by atoms with Gasteiger partial charge in [-0.25, -0.2) is 0 Å². The first-order valence-electron chi connectivity index (χ1n) is 17.9. The van der Waals surface area contributed by atoms with E-state index in [-0.39, 0.29) is 24.7 Å². The Balaban J connectivity index is 1.70. The minimum Gasteiger partial charge on any atom is -0.481 e. The Labute approximate surface area is 296 Å². The van der Waals surface area contributed by atoms with Gasteiger partial charge in [0.1, 0.15) is 18.1 Å². The maximum absolute atomic E-state index is 13.9. The Morgan fingerprint density at radius 3 is 1.88 bits per heavy atom. The molecule has 2 aromatic rings. The van der Waals surface area contributed by atoms with Gasteiger partial charge in [-0.3, -0.25) is 24.0 Å². The molecule has 1 aliphatic rings. The van der Waals surface area contributed by atoms with Crippen molar-refractivity contribution >= 4 is 29.6 Å². The van der Waals surface area contributed by atoms with Crippen LogP contribution in [0.4, 0.5) is 0 Å². The minimum absolute atomic E-state index is 0.0332. The highest BCUT2D eigenvalue weighted by Crippen LogP contribution is 2.23. The van der Waals surface area contributed by atoms with E-state index in [1.807, 2.05) is 74.5 Å². The number of aliphatic carboxylic acids is 1. The number of benzene rings is 2. The quantitative estimate of drug-likeness (QED) is 0.122. The fraction of sp³-hybridized carbons (Fsp3) is 0.553. The van der Waals surface area contributed by atoms with Crippen molar-refractivity contribution in [2.75, 3.05) is 19.6 Å². The molecule has 2 aromatic carbocycles. The highest BCUT2D eigenvalue weighted by molar-refractivity contribution is 5.95. The van der Waals surface area contributed by atoms with Crippen molar-refractivity contribution in [1.29, 1.82) is 0 Å². The molecule has 274 valence electrons. The molecule has 1 fully saturated rings. The molecular formula is C38H56N6O6. The lowest BCUT2D eigenvalue weighted by atomic mass is 9.91. The summed E-state index contributed by atoms with van der Waals surface area (Å²) in [6.45, 7) is 5.30. The summed E-state index contributed by atoms with van der Waals surface area (Å²) in [5.74, 6) is -2.08. The summed E-state index contributed by atoms with van der Waals surface area (Å²) in [6.07, 6.45) is 4.80. The number of nitrogens with zero attached hydrogens (tertiary/aromatic N) is 1. The fourth-order valence-corrected chi connectivity index (χ4v) is 6.33. The number of nitrogens with one attached hydrogen (secondary N) is 3. The predicted octanol–water partition coefficient (Wildman–Crippen LogP) is 2.53. The topological polar surface area (TPSA) is 197 Å². The minimum atomic E-state index is -0.999. The summed E-state index contributed by atoms with van der Waals surface area (Å²) in [5, 5.41) is 17.6. The van der Waals surface area contributed by atoms with Crippen molar-refractivity contribution in [3.8, 4) is 0 Å². The van der Waals surface area contributed by atoms with Crippen LogP contribution < -0.4 is 27.4 Å². The number of hydrogen-bond donors (Lipinski definition) is 6. The molecule has 3 rings (SSSR count). The second-order valence-corrected chi connectivity index (χ2v) is 13.8. The van der Waals surface area contributed by atoms with E-state index in [4.69, 9.17) is 16.6 Å². The molecule has 50 heavy (non-hydrogen) atoms. The Hall–Kier alpha value is -4.29. The molecule has 0 aliphatic carbocycles. The number of likely N-dealkylation sites (tertiary alicyclic amines) is 1. The Bertz CT molecular complexity index is 1370. The third kappa shape index (κ3) is 13.9. The molecule has 8 N–H and O–H groups in total. The van der Waals surface area contributed by atoms with Gasteiger partial charge in [0.25, 0.3) is 0 Å². The van der Waals surface area contributed by atoms with E-state index in [2.05, 4.69) is 16.0 Å². The van der Waals surface area contributed by atoms with Gasteiger partial charge in [-0.05, 0) is 80.9 Å². The third-order valence-electron chi connectivity index (χ3n) is 9.13. The SMILES string of the molecule is CC(C)C[C@@H](NC(=O)[C@@H](Cc1ccccc1)NC(=O)[C@H](N)Cc1ccccc1)C(=O)N[C@H](CCCN)C(=O)N1CCC(CCCC(=O)O)CC1. The zero-order chi connectivity index (χ0) is 36.5. The van der Waals surface area contributed by atoms with Crippen LogP contribution in [0.15, 0.2) is 60.7 Å². The predicted molar refractivity (Wildman–Crippen MR) is 193 cm³/mol. The van der Waals surface area contributed by atoms with E-state index in [9.17, 15) is 24.0 Å². The van der Waals surface area contributed by atoms with Gasteiger partial charge in [-0.2, -0.15) is 0 Å². The highest BCUT2D eigenvalue weighted by Gasteiger charge is 2.33. The molecule has 0 spiro atoms. The smallest absolute Gasteiger partial charge is 0.303 e. The molecule has 0 unspecified atom stereocenters. The summed E-state index contributed by atoms with van der Waals surface area (Å²) >= 11 is 0. The van der Waals surface area contributed by atoms with Crippen molar-refractivity contribution in [2.24, 2.45) is 23.3 Å². The second-order valence-electron chi connectivity index (χ2n) is 13.8. The van der Waals surface area contributed by atoms with Gasteiger partial charge in [-0.15, -0.1) is 0 Å². The molecule has 0 saturated carbocycles. The molecule has 1 heterocycles. The van der Waals surface area contributed by atoms with Gasteiger partial charge in [0.15, 0.2) is 0 Å². The summed E-state index contributed by atoms with van der Waals surface area (Å²) < 4.78 is 0. The van der Waals surface area contributed by atoms with E-state index in [1.165, 1.54) is 0 Å². The molecule has 4 atom stereocenters. The lowest BCUT2D eigenvalue weighted by Crippen LogP contribution is -2.59. The van der Waals surface area contributed by atoms with Crippen LogP contribution in [0.1, 0.15) is 76.3 Å². The summed E-state index contributed by atoms with van der Waals surface area (Å²) in [7, 11) is 0. The standard InChI is InChI=1S/C38H56N6O6/c1-26(2)23-32(36(48)41-31(16-10-20-39)38(50)44-21-18-27(19-22-44)15-9-17-34(45)46)43-37(49)33(25-29-13-7-4-8-14-29)42-35(47)30(40)24-28-11-5-3-6-12-28/h3-8,11-14,26-27,30-33H,9-10,15-25,39-40H2,1-2H3,(H,41,48)(H,42,47)(H,43,49)(H,45,46)/t30-,31-,32-,33-/m1/s1. The van der Waals surface area contributed by atoms with Crippen LogP contribution in [0.25, 0.3) is 0 Å². The maximum atomic E-state index is 13.9. The number of carbonyl (C=O) groups is 5. The molecule has 0 bridgehead atoms. The van der Waals surface area contributed by atoms with E-state index in [1.54, 1.807) is 4.90 Å². The summed E-state index contributed by atoms with van der Waals surface area (Å²) in [6, 6.07) is 15.0. The van der Waals surface area contributed by atoms with E-state index >= 15 is 0 Å². The van der Waals surface area contributed by atoms with Crippen molar-refractivity contribution in [3.05, 3.63) is 71.8 Å². The number of hydrogen-bond acceptors (Lipinski definition) is 7. The number of carbonyl (C=O) groups excluding carboxylic acids is 4. The van der Waals surface area contributed by atoms with Crippen LogP contribution in [0.2, 0.25) is 0 Å². The molecule has 0 radical (unpaired) electrons. The Morgan fingerprint density at radius 2 is 1.32 bits per heavy atom. The van der Waals surface area contributed by atoms with Crippen LogP contribution in [0, 0.1) is 11.8 Å². The first-order valence-corrected chi connectivity index (χ1v) is 17.9. The van der Waals surface area contributed by atoms with Crippen LogP contribution in [-0.4, -0.2) is 83.4 Å². The van der Waals surface area contributed by atoms with Crippen LogP contribution in [0.3, 0.4) is 0 Å². The van der Waals surface area contributed by atoms with Gasteiger partial charge >= 0.3 is 5.97 Å². The molecule has 12 heteroatoms. The number of rotatable bonds is 20. The van der Waals surface area contributed by atoms with E-state index < -0.39 is 47.9 Å². The molecule has 0 aromatic heterocycles. The third-order valence-corrected chi connectivity index (χ3v) is 9.13. The average molecular weight is 693 g/mol. The van der Waals surface area contributed by atoms with Crippen molar-refractivity contribution < 1.29 is 29.1 Å². The van der Waals surface area contributed by atoms with Crippen LogP contribution in [-0.2, 0) is 36.8 Å². The van der Waals surface area contributed by atoms with Crippen LogP contribution in [0.5, 0.6) is 0 Å².